The molecule has 0 saturated heterocycles. The van der Waals surface area contributed by atoms with Crippen LogP contribution in [-0.2, 0) is 9.59 Å². The molecule has 2 N–H and O–H groups in total. The van der Waals surface area contributed by atoms with Crippen molar-refractivity contribution in [3.05, 3.63) is 0 Å². The van der Waals surface area contributed by atoms with Crippen molar-refractivity contribution in [1.82, 2.24) is 0 Å². The zero-order valence-electron chi connectivity index (χ0n) is 8.28. The van der Waals surface area contributed by atoms with Crippen molar-refractivity contribution in [2.75, 3.05) is 0 Å². The highest BCUT2D eigenvalue weighted by atomic mass is 16.4. The molecule has 0 heterocycles. The molecule has 0 aromatic carbocycles. The van der Waals surface area contributed by atoms with Gasteiger partial charge < -0.3 is 10.2 Å². The first-order valence-electron chi connectivity index (χ1n) is 4.82. The molecule has 4 heteroatoms. The average molecular weight is 198 g/mol. The fourth-order valence-corrected chi connectivity index (χ4v) is 3.68. The molecule has 2 bridgehead atoms. The second kappa shape index (κ2) is 2.30. The standard InChI is InChI=1S/C10H14O4/c1-9(2)5-3-4-10(9,8(13)14)6(5)7(11)12/h5-6H,3-4H2,1-2H3,(H,11,12)(H,13,14)/t5-,6+,10+/m1/s1. The highest BCUT2D eigenvalue weighted by Crippen LogP contribution is 2.74. The normalized spacial score (nSPS) is 43.0. The Hall–Kier alpha value is -1.06. The van der Waals surface area contributed by atoms with Gasteiger partial charge in [0.05, 0.1) is 11.3 Å². The van der Waals surface area contributed by atoms with E-state index in [2.05, 4.69) is 0 Å². The maximum absolute atomic E-state index is 11.2. The molecular weight excluding hydrogens is 184 g/mol. The molecule has 4 nitrogen and oxygen atoms in total. The van der Waals surface area contributed by atoms with Gasteiger partial charge in [0.1, 0.15) is 0 Å². The predicted octanol–water partition coefficient (Wildman–Crippen LogP) is 1.21. The maximum Gasteiger partial charge on any atom is 0.311 e. The van der Waals surface area contributed by atoms with Gasteiger partial charge >= 0.3 is 11.9 Å². The first kappa shape index (κ1) is 9.49. The second-order valence-corrected chi connectivity index (χ2v) is 4.96. The highest BCUT2D eigenvalue weighted by Gasteiger charge is 2.77. The smallest absolute Gasteiger partial charge is 0.311 e. The van der Waals surface area contributed by atoms with Gasteiger partial charge in [-0.05, 0) is 24.2 Å². The van der Waals surface area contributed by atoms with Crippen LogP contribution < -0.4 is 0 Å². The fourth-order valence-electron chi connectivity index (χ4n) is 3.68. The van der Waals surface area contributed by atoms with Gasteiger partial charge in [-0.15, -0.1) is 0 Å². The van der Waals surface area contributed by atoms with E-state index in [0.717, 1.165) is 6.42 Å². The van der Waals surface area contributed by atoms with Gasteiger partial charge in [-0.1, -0.05) is 13.8 Å². The maximum atomic E-state index is 11.2. The van der Waals surface area contributed by atoms with Crippen LogP contribution in [0.5, 0.6) is 0 Å². The minimum atomic E-state index is -1.01. The summed E-state index contributed by atoms with van der Waals surface area (Å²) >= 11 is 0. The van der Waals surface area contributed by atoms with Gasteiger partial charge in [0.2, 0.25) is 0 Å². The summed E-state index contributed by atoms with van der Waals surface area (Å²) in [5.41, 5.74) is -1.37. The van der Waals surface area contributed by atoms with Crippen molar-refractivity contribution in [3.63, 3.8) is 0 Å². The van der Waals surface area contributed by atoms with Crippen LogP contribution in [0, 0.1) is 22.7 Å². The van der Waals surface area contributed by atoms with E-state index >= 15 is 0 Å². The number of hydrogen-bond donors (Lipinski definition) is 2. The summed E-state index contributed by atoms with van der Waals surface area (Å²) in [6.07, 6.45) is 1.24. The summed E-state index contributed by atoms with van der Waals surface area (Å²) in [5.74, 6) is -2.52. The second-order valence-electron chi connectivity index (χ2n) is 4.96. The van der Waals surface area contributed by atoms with Crippen LogP contribution >= 0.6 is 0 Å². The molecule has 3 saturated carbocycles. The molecule has 0 amide bonds. The SMILES string of the molecule is CC1(C)[C@@H]2CC[C@@]1(C(=O)O)[C@@H]2C(=O)O. The van der Waals surface area contributed by atoms with Crippen LogP contribution in [0.3, 0.4) is 0 Å². The third-order valence-corrected chi connectivity index (χ3v) is 4.51. The lowest BCUT2D eigenvalue weighted by Crippen LogP contribution is -2.63. The van der Waals surface area contributed by atoms with Crippen molar-refractivity contribution < 1.29 is 19.8 Å². The number of carboxylic acids is 2. The van der Waals surface area contributed by atoms with Gasteiger partial charge in [0.15, 0.2) is 0 Å². The van der Waals surface area contributed by atoms with Crippen molar-refractivity contribution >= 4 is 11.9 Å². The zero-order valence-corrected chi connectivity index (χ0v) is 8.28. The molecule has 3 rings (SSSR count). The molecule has 0 aromatic rings. The molecule has 0 aliphatic heterocycles. The Kier molecular flexibility index (Phi) is 1.56. The molecule has 3 atom stereocenters. The molecule has 3 fully saturated rings. The number of carbonyl (C=O) groups is 2. The van der Waals surface area contributed by atoms with E-state index in [4.69, 9.17) is 5.11 Å². The van der Waals surface area contributed by atoms with Crippen LogP contribution in [0.25, 0.3) is 0 Å². The first-order valence-corrected chi connectivity index (χ1v) is 4.82. The van der Waals surface area contributed by atoms with E-state index in [1.807, 2.05) is 13.8 Å². The van der Waals surface area contributed by atoms with E-state index in [1.165, 1.54) is 0 Å². The Labute approximate surface area is 81.9 Å². The first-order chi connectivity index (χ1) is 6.35. The Balaban J connectivity index is 2.45. The summed E-state index contributed by atoms with van der Waals surface area (Å²) < 4.78 is 0. The molecular formula is C10H14O4. The zero-order chi connectivity index (χ0) is 10.7. The summed E-state index contributed by atoms with van der Waals surface area (Å²) in [4.78, 5) is 22.2. The highest BCUT2D eigenvalue weighted by molar-refractivity contribution is 5.88. The molecule has 14 heavy (non-hydrogen) atoms. The van der Waals surface area contributed by atoms with Crippen LogP contribution in [0.2, 0.25) is 0 Å². The summed E-state index contributed by atoms with van der Waals surface area (Å²) in [6.45, 7) is 3.75. The third-order valence-electron chi connectivity index (χ3n) is 4.51. The van der Waals surface area contributed by atoms with E-state index < -0.39 is 23.3 Å². The number of carboxylic acid groups (broad SMARTS) is 2. The summed E-state index contributed by atoms with van der Waals surface area (Å²) in [7, 11) is 0. The van der Waals surface area contributed by atoms with Crippen LogP contribution in [-0.4, -0.2) is 22.2 Å². The third kappa shape index (κ3) is 0.678. The van der Waals surface area contributed by atoms with Crippen molar-refractivity contribution in [2.45, 2.75) is 26.7 Å². The van der Waals surface area contributed by atoms with Gasteiger partial charge in [-0.3, -0.25) is 9.59 Å². The van der Waals surface area contributed by atoms with Crippen molar-refractivity contribution in [3.8, 4) is 0 Å². The van der Waals surface area contributed by atoms with Gasteiger partial charge in [-0.2, -0.15) is 0 Å². The van der Waals surface area contributed by atoms with Gasteiger partial charge in [0, 0.05) is 0 Å². The molecule has 0 radical (unpaired) electrons. The van der Waals surface area contributed by atoms with Crippen LogP contribution in [0.15, 0.2) is 0 Å². The van der Waals surface area contributed by atoms with E-state index in [1.54, 1.807) is 0 Å². The Morgan fingerprint density at radius 1 is 1.29 bits per heavy atom. The Morgan fingerprint density at radius 2 is 1.86 bits per heavy atom. The van der Waals surface area contributed by atoms with E-state index in [9.17, 15) is 14.7 Å². The predicted molar refractivity (Wildman–Crippen MR) is 47.7 cm³/mol. The number of aliphatic carboxylic acids is 2. The fraction of sp³-hybridized carbons (Fsp3) is 0.800. The van der Waals surface area contributed by atoms with Crippen LogP contribution in [0.4, 0.5) is 0 Å². The minimum Gasteiger partial charge on any atom is -0.481 e. The van der Waals surface area contributed by atoms with E-state index in [0.29, 0.717) is 6.42 Å². The van der Waals surface area contributed by atoms with Gasteiger partial charge in [0.25, 0.3) is 0 Å². The largest absolute Gasteiger partial charge is 0.481 e. The lowest BCUT2D eigenvalue weighted by molar-refractivity contribution is -0.200. The molecule has 3 aliphatic carbocycles. The molecule has 0 spiro atoms. The van der Waals surface area contributed by atoms with Crippen molar-refractivity contribution in [2.24, 2.45) is 22.7 Å². The number of rotatable bonds is 2. The lowest BCUT2D eigenvalue weighted by atomic mass is 9.44. The Morgan fingerprint density at radius 3 is 2.14 bits per heavy atom. The Bertz CT molecular complexity index is 320. The summed E-state index contributed by atoms with van der Waals surface area (Å²) in [5, 5.41) is 18.2. The van der Waals surface area contributed by atoms with Crippen molar-refractivity contribution in [1.29, 1.82) is 0 Å². The van der Waals surface area contributed by atoms with E-state index in [-0.39, 0.29) is 11.3 Å². The number of hydrogen-bond acceptors (Lipinski definition) is 2. The molecule has 0 unspecified atom stereocenters. The average Bonchev–Trinajstić information content (AvgIpc) is 2.54. The molecule has 0 aromatic heterocycles. The summed E-state index contributed by atoms with van der Waals surface area (Å²) in [6, 6.07) is 0. The topological polar surface area (TPSA) is 74.6 Å². The number of fused-ring (bicyclic) bond motifs is 1. The van der Waals surface area contributed by atoms with Gasteiger partial charge in [-0.25, -0.2) is 0 Å². The quantitative estimate of drug-likeness (QED) is 0.699. The van der Waals surface area contributed by atoms with Crippen LogP contribution in [0.1, 0.15) is 26.7 Å². The minimum absolute atomic E-state index is 0.0381. The lowest BCUT2D eigenvalue weighted by Gasteiger charge is -2.56. The molecule has 78 valence electrons. The monoisotopic (exact) mass is 198 g/mol. The molecule has 3 aliphatic rings.